The SMILES string of the molecule is Cc1c(C(C#N)c2ccc(-c3ccccc3)cc2)nc(SC(C)C)[nH]c1=O. The highest BCUT2D eigenvalue weighted by Gasteiger charge is 2.21. The van der Waals surface area contributed by atoms with Crippen LogP contribution in [0.5, 0.6) is 0 Å². The maximum atomic E-state index is 12.3. The molecular formula is C22H21N3OS. The highest BCUT2D eigenvalue weighted by molar-refractivity contribution is 7.99. The molecule has 5 heteroatoms. The second kappa shape index (κ2) is 8.24. The van der Waals surface area contributed by atoms with Crippen molar-refractivity contribution >= 4 is 11.8 Å². The van der Waals surface area contributed by atoms with Crippen LogP contribution in [-0.2, 0) is 0 Å². The molecule has 0 saturated heterocycles. The third-order valence-corrected chi connectivity index (χ3v) is 5.16. The van der Waals surface area contributed by atoms with Crippen LogP contribution < -0.4 is 5.56 Å². The van der Waals surface area contributed by atoms with E-state index in [1.165, 1.54) is 11.8 Å². The van der Waals surface area contributed by atoms with E-state index in [-0.39, 0.29) is 10.8 Å². The Kier molecular flexibility index (Phi) is 5.78. The predicted octanol–water partition coefficient (Wildman–Crippen LogP) is 4.90. The van der Waals surface area contributed by atoms with Crippen LogP contribution in [0.15, 0.2) is 64.5 Å². The molecule has 0 saturated carbocycles. The van der Waals surface area contributed by atoms with Crippen molar-refractivity contribution in [3.8, 4) is 17.2 Å². The van der Waals surface area contributed by atoms with E-state index >= 15 is 0 Å². The zero-order valence-corrected chi connectivity index (χ0v) is 16.4. The second-order valence-corrected chi connectivity index (χ2v) is 8.16. The molecule has 136 valence electrons. The van der Waals surface area contributed by atoms with Gasteiger partial charge in [-0.3, -0.25) is 4.79 Å². The van der Waals surface area contributed by atoms with Crippen molar-refractivity contribution in [3.63, 3.8) is 0 Å². The number of nitriles is 1. The monoisotopic (exact) mass is 375 g/mol. The Morgan fingerprint density at radius 2 is 1.67 bits per heavy atom. The van der Waals surface area contributed by atoms with Gasteiger partial charge in [0.2, 0.25) is 0 Å². The van der Waals surface area contributed by atoms with Crippen molar-refractivity contribution in [1.29, 1.82) is 5.26 Å². The summed E-state index contributed by atoms with van der Waals surface area (Å²) in [6, 6.07) is 20.3. The lowest BCUT2D eigenvalue weighted by Crippen LogP contribution is -2.18. The summed E-state index contributed by atoms with van der Waals surface area (Å²) in [4.78, 5) is 19.7. The Morgan fingerprint density at radius 3 is 2.26 bits per heavy atom. The van der Waals surface area contributed by atoms with Crippen molar-refractivity contribution < 1.29 is 0 Å². The second-order valence-electron chi connectivity index (χ2n) is 6.60. The molecule has 1 heterocycles. The number of nitrogens with zero attached hydrogens (tertiary/aromatic N) is 2. The van der Waals surface area contributed by atoms with Gasteiger partial charge in [-0.1, -0.05) is 80.2 Å². The quantitative estimate of drug-likeness (QED) is 0.508. The lowest BCUT2D eigenvalue weighted by Gasteiger charge is -2.14. The minimum atomic E-state index is -0.580. The molecule has 0 spiro atoms. The molecule has 3 aromatic rings. The molecule has 4 nitrogen and oxygen atoms in total. The third kappa shape index (κ3) is 4.29. The van der Waals surface area contributed by atoms with Gasteiger partial charge >= 0.3 is 0 Å². The molecule has 0 aliphatic heterocycles. The van der Waals surface area contributed by atoms with E-state index in [2.05, 4.69) is 28.2 Å². The topological polar surface area (TPSA) is 69.5 Å². The fourth-order valence-electron chi connectivity index (χ4n) is 2.88. The smallest absolute Gasteiger partial charge is 0.254 e. The number of H-pyrrole nitrogens is 1. The summed E-state index contributed by atoms with van der Waals surface area (Å²) in [6.45, 7) is 5.79. The minimum Gasteiger partial charge on any atom is -0.301 e. The van der Waals surface area contributed by atoms with Gasteiger partial charge in [-0.05, 0) is 23.6 Å². The molecule has 0 radical (unpaired) electrons. The molecule has 1 unspecified atom stereocenters. The first-order chi connectivity index (χ1) is 13.0. The first-order valence-electron chi connectivity index (χ1n) is 8.82. The van der Waals surface area contributed by atoms with E-state index in [0.717, 1.165) is 16.7 Å². The summed E-state index contributed by atoms with van der Waals surface area (Å²) in [6.07, 6.45) is 0. The Labute approximate surface area is 163 Å². The van der Waals surface area contributed by atoms with E-state index in [0.29, 0.717) is 16.4 Å². The normalized spacial score (nSPS) is 12.0. The average molecular weight is 375 g/mol. The van der Waals surface area contributed by atoms with Gasteiger partial charge in [0.1, 0.15) is 5.92 Å². The van der Waals surface area contributed by atoms with Gasteiger partial charge in [-0.15, -0.1) is 0 Å². The fourth-order valence-corrected chi connectivity index (χ4v) is 3.63. The van der Waals surface area contributed by atoms with Crippen LogP contribution in [0.3, 0.4) is 0 Å². The lowest BCUT2D eigenvalue weighted by molar-refractivity contribution is 0.824. The zero-order chi connectivity index (χ0) is 19.4. The number of nitrogens with one attached hydrogen (secondary N) is 1. The molecule has 0 bridgehead atoms. The van der Waals surface area contributed by atoms with E-state index < -0.39 is 5.92 Å². The number of thioether (sulfide) groups is 1. The van der Waals surface area contributed by atoms with E-state index in [9.17, 15) is 10.1 Å². The number of aromatic amines is 1. The highest BCUT2D eigenvalue weighted by atomic mass is 32.2. The van der Waals surface area contributed by atoms with E-state index in [4.69, 9.17) is 0 Å². The number of hydrogen-bond donors (Lipinski definition) is 1. The summed E-state index contributed by atoms with van der Waals surface area (Å²) < 4.78 is 0. The van der Waals surface area contributed by atoms with Crippen molar-refractivity contribution in [1.82, 2.24) is 9.97 Å². The van der Waals surface area contributed by atoms with Crippen molar-refractivity contribution in [3.05, 3.63) is 81.8 Å². The first-order valence-corrected chi connectivity index (χ1v) is 9.70. The van der Waals surface area contributed by atoms with Gasteiger partial charge in [0.05, 0.1) is 11.8 Å². The van der Waals surface area contributed by atoms with Gasteiger partial charge in [0.25, 0.3) is 5.56 Å². The molecule has 0 amide bonds. The van der Waals surface area contributed by atoms with E-state index in [1.54, 1.807) is 6.92 Å². The molecule has 0 aliphatic rings. The van der Waals surface area contributed by atoms with Gasteiger partial charge in [0.15, 0.2) is 5.16 Å². The van der Waals surface area contributed by atoms with Gasteiger partial charge in [-0.25, -0.2) is 4.98 Å². The Morgan fingerprint density at radius 1 is 1.04 bits per heavy atom. The predicted molar refractivity (Wildman–Crippen MR) is 110 cm³/mol. The average Bonchev–Trinajstić information content (AvgIpc) is 2.67. The lowest BCUT2D eigenvalue weighted by atomic mass is 9.93. The van der Waals surface area contributed by atoms with Crippen LogP contribution in [0.2, 0.25) is 0 Å². The van der Waals surface area contributed by atoms with Crippen LogP contribution >= 0.6 is 11.8 Å². The Bertz CT molecular complexity index is 1020. The summed E-state index contributed by atoms with van der Waals surface area (Å²) >= 11 is 1.48. The maximum absolute atomic E-state index is 12.3. The molecule has 3 rings (SSSR count). The Balaban J connectivity index is 1.99. The van der Waals surface area contributed by atoms with Gasteiger partial charge in [0, 0.05) is 10.8 Å². The molecular weight excluding hydrogens is 354 g/mol. The van der Waals surface area contributed by atoms with Crippen molar-refractivity contribution in [2.45, 2.75) is 37.1 Å². The Hall–Kier alpha value is -2.84. The van der Waals surface area contributed by atoms with Crippen LogP contribution in [-0.4, -0.2) is 15.2 Å². The molecule has 1 atom stereocenters. The van der Waals surface area contributed by atoms with Crippen LogP contribution in [0.25, 0.3) is 11.1 Å². The standard InChI is InChI=1S/C22H21N3OS/c1-14(2)27-22-24-20(15(3)21(26)25-22)19(13-23)18-11-9-17(10-12-18)16-7-5-4-6-8-16/h4-12,14,19H,1-3H3,(H,24,25,26). The zero-order valence-electron chi connectivity index (χ0n) is 15.6. The summed E-state index contributed by atoms with van der Waals surface area (Å²) in [7, 11) is 0. The van der Waals surface area contributed by atoms with E-state index in [1.807, 2.05) is 56.3 Å². The van der Waals surface area contributed by atoms with Crippen molar-refractivity contribution in [2.24, 2.45) is 0 Å². The first kappa shape index (κ1) is 18.9. The maximum Gasteiger partial charge on any atom is 0.254 e. The molecule has 0 fully saturated rings. The van der Waals surface area contributed by atoms with Gasteiger partial charge < -0.3 is 4.98 Å². The number of aromatic nitrogens is 2. The minimum absolute atomic E-state index is 0.190. The van der Waals surface area contributed by atoms with Crippen LogP contribution in [0.1, 0.15) is 36.6 Å². The summed E-state index contributed by atoms with van der Waals surface area (Å²) in [5.74, 6) is -0.580. The third-order valence-electron chi connectivity index (χ3n) is 4.27. The summed E-state index contributed by atoms with van der Waals surface area (Å²) in [5, 5.41) is 10.6. The van der Waals surface area contributed by atoms with Crippen LogP contribution in [0.4, 0.5) is 0 Å². The van der Waals surface area contributed by atoms with Crippen molar-refractivity contribution in [2.75, 3.05) is 0 Å². The number of hydrogen-bond acceptors (Lipinski definition) is 4. The molecule has 0 aliphatic carbocycles. The summed E-state index contributed by atoms with van der Waals surface area (Å²) in [5.41, 5.74) is 3.86. The highest BCUT2D eigenvalue weighted by Crippen LogP contribution is 2.28. The molecule has 27 heavy (non-hydrogen) atoms. The van der Waals surface area contributed by atoms with Gasteiger partial charge in [-0.2, -0.15) is 5.26 Å². The molecule has 1 aromatic heterocycles. The fraction of sp³-hybridized carbons (Fsp3) is 0.227. The van der Waals surface area contributed by atoms with Crippen LogP contribution in [0, 0.1) is 18.3 Å². The molecule has 2 aromatic carbocycles. The molecule has 1 N–H and O–H groups in total. The number of benzene rings is 2. The largest absolute Gasteiger partial charge is 0.301 e. The number of rotatable bonds is 5.